The number of hydrogen-bond donors (Lipinski definition) is 1. The van der Waals surface area contributed by atoms with Crippen molar-refractivity contribution in [2.24, 2.45) is 0 Å². The fourth-order valence-electron chi connectivity index (χ4n) is 1.54. The predicted molar refractivity (Wildman–Crippen MR) is 74.1 cm³/mol. The minimum atomic E-state index is 0.746. The van der Waals surface area contributed by atoms with Gasteiger partial charge in [0.25, 0.3) is 0 Å². The van der Waals surface area contributed by atoms with Gasteiger partial charge in [0, 0.05) is 17.8 Å². The molecule has 0 saturated heterocycles. The van der Waals surface area contributed by atoms with Gasteiger partial charge in [0.05, 0.1) is 15.5 Å². The Bertz CT molecular complexity index is 496. The average Bonchev–Trinajstić information content (AvgIpc) is 2.65. The van der Waals surface area contributed by atoms with Crippen molar-refractivity contribution in [2.75, 3.05) is 7.05 Å². The SMILES string of the molecule is CNCc1cc(Cl)ccc1-n1cc(I)cn1. The molecule has 3 nitrogen and oxygen atoms in total. The van der Waals surface area contributed by atoms with Crippen LogP contribution in [0.4, 0.5) is 0 Å². The molecule has 0 fully saturated rings. The standard InChI is InChI=1S/C11H11ClIN3/c1-14-5-8-4-9(12)2-3-11(8)16-7-10(13)6-15-16/h2-4,6-7,14H,5H2,1H3. The zero-order valence-electron chi connectivity index (χ0n) is 8.74. The summed E-state index contributed by atoms with van der Waals surface area (Å²) in [5.41, 5.74) is 2.19. The van der Waals surface area contributed by atoms with Crippen LogP contribution in [0.3, 0.4) is 0 Å². The molecule has 0 unspecified atom stereocenters. The molecule has 5 heteroatoms. The summed E-state index contributed by atoms with van der Waals surface area (Å²) >= 11 is 8.23. The summed E-state index contributed by atoms with van der Waals surface area (Å²) in [6.07, 6.45) is 3.82. The van der Waals surface area contributed by atoms with Gasteiger partial charge in [0.2, 0.25) is 0 Å². The fraction of sp³-hybridized carbons (Fsp3) is 0.182. The first kappa shape index (κ1) is 11.9. The highest BCUT2D eigenvalue weighted by atomic mass is 127. The summed E-state index contributed by atoms with van der Waals surface area (Å²) < 4.78 is 2.98. The molecule has 0 atom stereocenters. The molecule has 0 aliphatic carbocycles. The van der Waals surface area contributed by atoms with Crippen LogP contribution in [0.25, 0.3) is 5.69 Å². The molecule has 1 aromatic heterocycles. The number of benzene rings is 1. The molecule has 0 aliphatic rings. The first-order valence-electron chi connectivity index (χ1n) is 4.84. The summed E-state index contributed by atoms with van der Waals surface area (Å²) in [5.74, 6) is 0. The van der Waals surface area contributed by atoms with Gasteiger partial charge in [-0.25, -0.2) is 4.68 Å². The Morgan fingerprint density at radius 3 is 2.94 bits per heavy atom. The van der Waals surface area contributed by atoms with Crippen LogP contribution in [0.5, 0.6) is 0 Å². The van der Waals surface area contributed by atoms with Gasteiger partial charge in [-0.3, -0.25) is 0 Å². The lowest BCUT2D eigenvalue weighted by atomic mass is 10.2. The first-order chi connectivity index (χ1) is 7.70. The summed E-state index contributed by atoms with van der Waals surface area (Å²) in [6.45, 7) is 0.770. The number of nitrogens with zero attached hydrogens (tertiary/aromatic N) is 2. The van der Waals surface area contributed by atoms with Gasteiger partial charge in [-0.05, 0) is 53.4 Å². The van der Waals surface area contributed by atoms with Crippen molar-refractivity contribution in [2.45, 2.75) is 6.54 Å². The molecule has 2 rings (SSSR count). The van der Waals surface area contributed by atoms with Gasteiger partial charge < -0.3 is 5.32 Å². The van der Waals surface area contributed by atoms with E-state index in [1.165, 1.54) is 0 Å². The minimum Gasteiger partial charge on any atom is -0.316 e. The highest BCUT2D eigenvalue weighted by Crippen LogP contribution is 2.20. The second-order valence-corrected chi connectivity index (χ2v) is 5.09. The molecule has 84 valence electrons. The van der Waals surface area contributed by atoms with Crippen molar-refractivity contribution in [3.05, 3.63) is 44.7 Å². The summed E-state index contributed by atoms with van der Waals surface area (Å²) in [4.78, 5) is 0. The number of nitrogens with one attached hydrogen (secondary N) is 1. The molecule has 0 amide bonds. The van der Waals surface area contributed by atoms with Crippen LogP contribution < -0.4 is 5.32 Å². The van der Waals surface area contributed by atoms with Crippen LogP contribution >= 0.6 is 34.2 Å². The maximum Gasteiger partial charge on any atom is 0.0691 e. The average molecular weight is 348 g/mol. The molecule has 0 aliphatic heterocycles. The normalized spacial score (nSPS) is 10.7. The zero-order chi connectivity index (χ0) is 11.5. The van der Waals surface area contributed by atoms with E-state index >= 15 is 0 Å². The van der Waals surface area contributed by atoms with Gasteiger partial charge in [0.15, 0.2) is 0 Å². The molecule has 0 bridgehead atoms. The number of aromatic nitrogens is 2. The Hall–Kier alpha value is -0.590. The summed E-state index contributed by atoms with van der Waals surface area (Å²) in [6, 6.07) is 5.82. The van der Waals surface area contributed by atoms with Crippen LogP contribution in [0.1, 0.15) is 5.56 Å². The lowest BCUT2D eigenvalue weighted by Gasteiger charge is -2.09. The van der Waals surface area contributed by atoms with Gasteiger partial charge in [-0.2, -0.15) is 5.10 Å². The van der Waals surface area contributed by atoms with E-state index in [-0.39, 0.29) is 0 Å². The molecule has 0 radical (unpaired) electrons. The Labute approximate surface area is 113 Å². The number of rotatable bonds is 3. The smallest absolute Gasteiger partial charge is 0.0691 e. The second kappa shape index (κ2) is 5.16. The Morgan fingerprint density at radius 1 is 1.50 bits per heavy atom. The quantitative estimate of drug-likeness (QED) is 0.865. The number of halogens is 2. The molecule has 2 aromatic rings. The third-order valence-corrected chi connectivity index (χ3v) is 3.00. The zero-order valence-corrected chi connectivity index (χ0v) is 11.7. The van der Waals surface area contributed by atoms with E-state index in [2.05, 4.69) is 33.0 Å². The molecule has 0 spiro atoms. The second-order valence-electron chi connectivity index (χ2n) is 3.41. The van der Waals surface area contributed by atoms with Crippen molar-refractivity contribution in [3.63, 3.8) is 0 Å². The van der Waals surface area contributed by atoms with E-state index in [0.717, 1.165) is 26.4 Å². The van der Waals surface area contributed by atoms with Gasteiger partial charge in [-0.1, -0.05) is 11.6 Å². The molecule has 16 heavy (non-hydrogen) atoms. The topological polar surface area (TPSA) is 29.9 Å². The van der Waals surface area contributed by atoms with Crippen molar-refractivity contribution < 1.29 is 0 Å². The van der Waals surface area contributed by atoms with Crippen molar-refractivity contribution >= 4 is 34.2 Å². The molecular weight excluding hydrogens is 336 g/mol. The summed E-state index contributed by atoms with van der Waals surface area (Å²) in [5, 5.41) is 8.17. The van der Waals surface area contributed by atoms with E-state index in [0.29, 0.717) is 0 Å². The van der Waals surface area contributed by atoms with Crippen LogP contribution in [0.15, 0.2) is 30.6 Å². The van der Waals surface area contributed by atoms with E-state index in [1.54, 1.807) is 0 Å². The minimum absolute atomic E-state index is 0.746. The first-order valence-corrected chi connectivity index (χ1v) is 6.30. The molecule has 1 heterocycles. The Kier molecular flexibility index (Phi) is 3.83. The molecule has 1 N–H and O–H groups in total. The van der Waals surface area contributed by atoms with Gasteiger partial charge in [-0.15, -0.1) is 0 Å². The maximum atomic E-state index is 5.99. The lowest BCUT2D eigenvalue weighted by Crippen LogP contribution is -2.09. The van der Waals surface area contributed by atoms with Crippen LogP contribution in [-0.2, 0) is 6.54 Å². The van der Waals surface area contributed by atoms with Gasteiger partial charge >= 0.3 is 0 Å². The van der Waals surface area contributed by atoms with E-state index in [4.69, 9.17) is 11.6 Å². The molecular formula is C11H11ClIN3. The highest BCUT2D eigenvalue weighted by Gasteiger charge is 2.06. The van der Waals surface area contributed by atoms with Crippen LogP contribution in [0, 0.1) is 3.57 Å². The number of hydrogen-bond acceptors (Lipinski definition) is 2. The Balaban J connectivity index is 2.47. The molecule has 0 saturated carbocycles. The van der Waals surface area contributed by atoms with Crippen molar-refractivity contribution in [1.82, 2.24) is 15.1 Å². The largest absolute Gasteiger partial charge is 0.316 e. The monoisotopic (exact) mass is 347 g/mol. The van der Waals surface area contributed by atoms with E-state index in [1.807, 2.05) is 42.3 Å². The summed E-state index contributed by atoms with van der Waals surface area (Å²) in [7, 11) is 1.91. The van der Waals surface area contributed by atoms with Crippen LogP contribution in [-0.4, -0.2) is 16.8 Å². The highest BCUT2D eigenvalue weighted by molar-refractivity contribution is 14.1. The van der Waals surface area contributed by atoms with Crippen molar-refractivity contribution in [3.8, 4) is 5.69 Å². The third kappa shape index (κ3) is 2.56. The van der Waals surface area contributed by atoms with Crippen molar-refractivity contribution in [1.29, 1.82) is 0 Å². The Morgan fingerprint density at radius 2 is 2.31 bits per heavy atom. The maximum absolute atomic E-state index is 5.99. The predicted octanol–water partition coefficient (Wildman–Crippen LogP) is 2.85. The molecule has 1 aromatic carbocycles. The van der Waals surface area contributed by atoms with Gasteiger partial charge in [0.1, 0.15) is 0 Å². The third-order valence-electron chi connectivity index (χ3n) is 2.21. The van der Waals surface area contributed by atoms with E-state index < -0.39 is 0 Å². The van der Waals surface area contributed by atoms with Crippen LogP contribution in [0.2, 0.25) is 5.02 Å². The lowest BCUT2D eigenvalue weighted by molar-refractivity contribution is 0.789. The van der Waals surface area contributed by atoms with E-state index in [9.17, 15) is 0 Å². The fourth-order valence-corrected chi connectivity index (χ4v) is 2.13.